The van der Waals surface area contributed by atoms with Crippen LogP contribution in [0.2, 0.25) is 0 Å². The standard InChI is InChI=1S/C17H27N3O3/c1-17(2,3)23-16(21)20-10-8-19(9-11-20)13-6-7-14(18-4)15(12-13)22-5/h6-7,12,18H,8-11H2,1-5H3. The lowest BCUT2D eigenvalue weighted by molar-refractivity contribution is 0.0240. The molecule has 23 heavy (non-hydrogen) atoms. The number of nitrogens with zero attached hydrogens (tertiary/aromatic N) is 2. The van der Waals surface area contributed by atoms with Crippen LogP contribution in [-0.4, -0.2) is 56.9 Å². The Morgan fingerprint density at radius 3 is 2.35 bits per heavy atom. The smallest absolute Gasteiger partial charge is 0.410 e. The lowest BCUT2D eigenvalue weighted by Gasteiger charge is -2.36. The van der Waals surface area contributed by atoms with E-state index in [0.29, 0.717) is 13.1 Å². The number of carbonyl (C=O) groups is 1. The van der Waals surface area contributed by atoms with Crippen LogP contribution >= 0.6 is 0 Å². The molecular weight excluding hydrogens is 294 g/mol. The largest absolute Gasteiger partial charge is 0.495 e. The van der Waals surface area contributed by atoms with Crippen molar-refractivity contribution in [3.05, 3.63) is 18.2 Å². The quantitative estimate of drug-likeness (QED) is 0.928. The molecule has 1 aromatic carbocycles. The average Bonchev–Trinajstić information content (AvgIpc) is 2.52. The molecule has 1 N–H and O–H groups in total. The Bertz CT molecular complexity index is 547. The molecule has 1 fully saturated rings. The first-order valence-corrected chi connectivity index (χ1v) is 7.92. The van der Waals surface area contributed by atoms with E-state index in [4.69, 9.17) is 9.47 Å². The first kappa shape index (κ1) is 17.2. The molecule has 0 aromatic heterocycles. The zero-order valence-electron chi connectivity index (χ0n) is 14.7. The fourth-order valence-electron chi connectivity index (χ4n) is 2.56. The molecule has 0 aliphatic carbocycles. The van der Waals surface area contributed by atoms with E-state index >= 15 is 0 Å². The highest BCUT2D eigenvalue weighted by molar-refractivity contribution is 5.69. The van der Waals surface area contributed by atoms with Crippen LogP contribution < -0.4 is 15.0 Å². The Kier molecular flexibility index (Phi) is 5.23. The van der Waals surface area contributed by atoms with Gasteiger partial charge in [-0.25, -0.2) is 4.79 Å². The summed E-state index contributed by atoms with van der Waals surface area (Å²) in [5, 5.41) is 3.11. The number of hydrogen-bond donors (Lipinski definition) is 1. The maximum Gasteiger partial charge on any atom is 0.410 e. The van der Waals surface area contributed by atoms with Gasteiger partial charge in [-0.1, -0.05) is 0 Å². The summed E-state index contributed by atoms with van der Waals surface area (Å²) in [4.78, 5) is 16.1. The van der Waals surface area contributed by atoms with Crippen LogP contribution in [-0.2, 0) is 4.74 Å². The second kappa shape index (κ2) is 6.98. The normalized spacial score (nSPS) is 15.3. The van der Waals surface area contributed by atoms with Crippen LogP contribution in [0.1, 0.15) is 20.8 Å². The van der Waals surface area contributed by atoms with Gasteiger partial charge < -0.3 is 24.6 Å². The molecular formula is C17H27N3O3. The number of methoxy groups -OCH3 is 1. The predicted molar refractivity (Wildman–Crippen MR) is 92.6 cm³/mol. The zero-order valence-corrected chi connectivity index (χ0v) is 14.7. The van der Waals surface area contributed by atoms with E-state index in [1.165, 1.54) is 0 Å². The van der Waals surface area contributed by atoms with Gasteiger partial charge >= 0.3 is 6.09 Å². The Hall–Kier alpha value is -2.11. The molecule has 1 aliphatic rings. The topological polar surface area (TPSA) is 54.0 Å². The fourth-order valence-corrected chi connectivity index (χ4v) is 2.56. The molecule has 1 heterocycles. The third-order valence-electron chi connectivity index (χ3n) is 3.75. The summed E-state index contributed by atoms with van der Waals surface area (Å²) in [6.45, 7) is 8.53. The van der Waals surface area contributed by atoms with Crippen molar-refractivity contribution in [2.45, 2.75) is 26.4 Å². The molecule has 6 nitrogen and oxygen atoms in total. The van der Waals surface area contributed by atoms with Crippen LogP contribution in [0.25, 0.3) is 0 Å². The number of benzene rings is 1. The van der Waals surface area contributed by atoms with E-state index in [0.717, 1.165) is 30.2 Å². The van der Waals surface area contributed by atoms with E-state index < -0.39 is 5.60 Å². The maximum atomic E-state index is 12.1. The van der Waals surface area contributed by atoms with Crippen molar-refractivity contribution in [1.82, 2.24) is 4.90 Å². The van der Waals surface area contributed by atoms with Gasteiger partial charge in [-0.2, -0.15) is 0 Å². The van der Waals surface area contributed by atoms with Gasteiger partial charge in [-0.3, -0.25) is 0 Å². The van der Waals surface area contributed by atoms with Gasteiger partial charge in [0.1, 0.15) is 11.4 Å². The van der Waals surface area contributed by atoms with Crippen molar-refractivity contribution < 1.29 is 14.3 Å². The first-order chi connectivity index (χ1) is 10.8. The third-order valence-corrected chi connectivity index (χ3v) is 3.75. The number of anilines is 2. The summed E-state index contributed by atoms with van der Waals surface area (Å²) in [5.41, 5.74) is 1.61. The fraction of sp³-hybridized carbons (Fsp3) is 0.588. The summed E-state index contributed by atoms with van der Waals surface area (Å²) < 4.78 is 10.8. The number of carbonyl (C=O) groups excluding carboxylic acids is 1. The highest BCUT2D eigenvalue weighted by atomic mass is 16.6. The van der Waals surface area contributed by atoms with E-state index in [1.807, 2.05) is 40.0 Å². The summed E-state index contributed by atoms with van der Waals surface area (Å²) in [6.07, 6.45) is -0.236. The molecule has 1 saturated heterocycles. The Balaban J connectivity index is 1.98. The summed E-state index contributed by atoms with van der Waals surface area (Å²) in [6, 6.07) is 6.10. The SMILES string of the molecule is CNc1ccc(N2CCN(C(=O)OC(C)(C)C)CC2)cc1OC. The van der Waals surface area contributed by atoms with Crippen molar-refractivity contribution in [1.29, 1.82) is 0 Å². The molecule has 6 heteroatoms. The Labute approximate surface area is 138 Å². The minimum absolute atomic E-state index is 0.236. The average molecular weight is 321 g/mol. The van der Waals surface area contributed by atoms with Gasteiger partial charge in [-0.15, -0.1) is 0 Å². The van der Waals surface area contributed by atoms with Crippen molar-refractivity contribution >= 4 is 17.5 Å². The third kappa shape index (κ3) is 4.43. The molecule has 0 bridgehead atoms. The molecule has 0 radical (unpaired) electrons. The number of piperazine rings is 1. The summed E-state index contributed by atoms with van der Waals surface area (Å²) in [5.74, 6) is 0.819. The highest BCUT2D eigenvalue weighted by Gasteiger charge is 2.26. The number of hydrogen-bond acceptors (Lipinski definition) is 5. The van der Waals surface area contributed by atoms with Crippen LogP contribution in [0.5, 0.6) is 5.75 Å². The lowest BCUT2D eigenvalue weighted by atomic mass is 10.2. The van der Waals surface area contributed by atoms with Gasteiger partial charge in [0.25, 0.3) is 0 Å². The minimum atomic E-state index is -0.454. The van der Waals surface area contributed by atoms with Crippen molar-refractivity contribution in [3.63, 3.8) is 0 Å². The number of nitrogens with one attached hydrogen (secondary N) is 1. The zero-order chi connectivity index (χ0) is 17.0. The second-order valence-electron chi connectivity index (χ2n) is 6.59. The molecule has 0 unspecified atom stereocenters. The van der Waals surface area contributed by atoms with E-state index in [1.54, 1.807) is 12.0 Å². The summed E-state index contributed by atoms with van der Waals surface area (Å²) >= 11 is 0. The van der Waals surface area contributed by atoms with Crippen molar-refractivity contribution in [3.8, 4) is 5.75 Å². The van der Waals surface area contributed by atoms with Gasteiger partial charge in [0.05, 0.1) is 12.8 Å². The molecule has 0 spiro atoms. The van der Waals surface area contributed by atoms with Crippen LogP contribution in [0.15, 0.2) is 18.2 Å². The van der Waals surface area contributed by atoms with E-state index in [-0.39, 0.29) is 6.09 Å². The minimum Gasteiger partial charge on any atom is -0.495 e. The molecule has 128 valence electrons. The van der Waals surface area contributed by atoms with Crippen molar-refractivity contribution in [2.75, 3.05) is 50.6 Å². The predicted octanol–water partition coefficient (Wildman–Crippen LogP) is 2.79. The number of rotatable bonds is 3. The van der Waals surface area contributed by atoms with Crippen LogP contribution in [0, 0.1) is 0 Å². The molecule has 0 saturated carbocycles. The van der Waals surface area contributed by atoms with Gasteiger partial charge in [0, 0.05) is 45.0 Å². The molecule has 2 rings (SSSR count). The van der Waals surface area contributed by atoms with Crippen LogP contribution in [0.4, 0.5) is 16.2 Å². The second-order valence-corrected chi connectivity index (χ2v) is 6.59. The van der Waals surface area contributed by atoms with Crippen LogP contribution in [0.3, 0.4) is 0 Å². The molecule has 1 aliphatic heterocycles. The maximum absolute atomic E-state index is 12.1. The van der Waals surface area contributed by atoms with Gasteiger partial charge in [0.2, 0.25) is 0 Å². The summed E-state index contributed by atoms with van der Waals surface area (Å²) in [7, 11) is 3.54. The Morgan fingerprint density at radius 2 is 1.83 bits per heavy atom. The number of amides is 1. The Morgan fingerprint density at radius 1 is 1.17 bits per heavy atom. The number of ether oxygens (including phenoxy) is 2. The van der Waals surface area contributed by atoms with Crippen molar-refractivity contribution in [2.24, 2.45) is 0 Å². The first-order valence-electron chi connectivity index (χ1n) is 7.92. The highest BCUT2D eigenvalue weighted by Crippen LogP contribution is 2.30. The molecule has 1 amide bonds. The molecule has 1 aromatic rings. The van der Waals surface area contributed by atoms with Gasteiger partial charge in [0.15, 0.2) is 0 Å². The van der Waals surface area contributed by atoms with E-state index in [9.17, 15) is 4.79 Å². The van der Waals surface area contributed by atoms with E-state index in [2.05, 4.69) is 16.3 Å². The molecule has 0 atom stereocenters. The lowest BCUT2D eigenvalue weighted by Crippen LogP contribution is -2.50. The monoisotopic (exact) mass is 321 g/mol. The van der Waals surface area contributed by atoms with Gasteiger partial charge in [-0.05, 0) is 32.9 Å².